The summed E-state index contributed by atoms with van der Waals surface area (Å²) in [7, 11) is -3.25. The molecule has 0 amide bonds. The molecule has 0 aromatic heterocycles. The van der Waals surface area contributed by atoms with Crippen LogP contribution in [0.1, 0.15) is 19.8 Å². The van der Waals surface area contributed by atoms with Gasteiger partial charge in [0, 0.05) is 19.7 Å². The zero-order valence-electron chi connectivity index (χ0n) is 8.40. The highest BCUT2D eigenvalue weighted by Crippen LogP contribution is 2.11. The van der Waals surface area contributed by atoms with Gasteiger partial charge >= 0.3 is 0 Å². The molecule has 5 nitrogen and oxygen atoms in total. The average molecular weight is 222 g/mol. The van der Waals surface area contributed by atoms with Crippen LogP contribution in [0.25, 0.3) is 0 Å². The zero-order valence-corrected chi connectivity index (χ0v) is 9.22. The van der Waals surface area contributed by atoms with Crippen molar-refractivity contribution in [2.45, 2.75) is 31.1 Å². The van der Waals surface area contributed by atoms with Gasteiger partial charge in [0.25, 0.3) is 0 Å². The number of rotatable bonds is 5. The minimum absolute atomic E-state index is 0.0368. The Bertz CT molecular complexity index is 260. The highest BCUT2D eigenvalue weighted by atomic mass is 32.2. The van der Waals surface area contributed by atoms with Crippen LogP contribution < -0.4 is 10.5 Å². The number of hydrogen-bond acceptors (Lipinski definition) is 4. The van der Waals surface area contributed by atoms with Crippen LogP contribution in [0.4, 0.5) is 0 Å². The summed E-state index contributed by atoms with van der Waals surface area (Å²) in [6, 6.07) is 0. The zero-order chi connectivity index (χ0) is 10.6. The first-order chi connectivity index (χ1) is 6.56. The summed E-state index contributed by atoms with van der Waals surface area (Å²) in [5.41, 5.74) is 5.29. The topological polar surface area (TPSA) is 81.4 Å². The molecule has 1 heterocycles. The molecular weight excluding hydrogens is 204 g/mol. The van der Waals surface area contributed by atoms with Gasteiger partial charge in [0.1, 0.15) is 0 Å². The lowest BCUT2D eigenvalue weighted by Gasteiger charge is -2.14. The fraction of sp³-hybridized carbons (Fsp3) is 1.00. The smallest absolute Gasteiger partial charge is 0.215 e. The van der Waals surface area contributed by atoms with Crippen molar-refractivity contribution in [1.82, 2.24) is 4.72 Å². The SMILES string of the molecule is CC(CN)S(=O)(=O)NCC1CCCO1. The first-order valence-electron chi connectivity index (χ1n) is 4.86. The van der Waals surface area contributed by atoms with Gasteiger partial charge in [-0.1, -0.05) is 0 Å². The average Bonchev–Trinajstić information content (AvgIpc) is 2.66. The van der Waals surface area contributed by atoms with Gasteiger partial charge in [0.15, 0.2) is 0 Å². The van der Waals surface area contributed by atoms with Gasteiger partial charge in [-0.15, -0.1) is 0 Å². The number of sulfonamides is 1. The summed E-state index contributed by atoms with van der Waals surface area (Å²) < 4.78 is 30.8. The molecule has 0 saturated carbocycles. The molecule has 3 N–H and O–H groups in total. The molecule has 1 aliphatic rings. The molecule has 6 heteroatoms. The molecule has 1 saturated heterocycles. The van der Waals surface area contributed by atoms with Crippen LogP contribution in [0.5, 0.6) is 0 Å². The van der Waals surface area contributed by atoms with Crippen molar-refractivity contribution in [3.05, 3.63) is 0 Å². The van der Waals surface area contributed by atoms with E-state index in [1.165, 1.54) is 0 Å². The van der Waals surface area contributed by atoms with Gasteiger partial charge in [-0.25, -0.2) is 13.1 Å². The Morgan fingerprint density at radius 2 is 2.36 bits per heavy atom. The molecule has 2 atom stereocenters. The van der Waals surface area contributed by atoms with Gasteiger partial charge in [-0.3, -0.25) is 0 Å². The van der Waals surface area contributed by atoms with Crippen molar-refractivity contribution >= 4 is 10.0 Å². The Morgan fingerprint density at radius 3 is 2.86 bits per heavy atom. The second-order valence-corrected chi connectivity index (χ2v) is 5.76. The van der Waals surface area contributed by atoms with E-state index < -0.39 is 15.3 Å². The van der Waals surface area contributed by atoms with Crippen molar-refractivity contribution in [1.29, 1.82) is 0 Å². The van der Waals surface area contributed by atoms with Gasteiger partial charge in [-0.2, -0.15) is 0 Å². The highest BCUT2D eigenvalue weighted by molar-refractivity contribution is 7.90. The number of hydrogen-bond donors (Lipinski definition) is 2. The molecule has 0 aliphatic carbocycles. The monoisotopic (exact) mass is 222 g/mol. The molecule has 0 spiro atoms. The van der Waals surface area contributed by atoms with Crippen LogP contribution in [-0.4, -0.2) is 39.5 Å². The predicted octanol–water partition coefficient (Wildman–Crippen LogP) is -0.568. The second kappa shape index (κ2) is 5.06. The molecule has 84 valence electrons. The first-order valence-corrected chi connectivity index (χ1v) is 6.41. The van der Waals surface area contributed by atoms with Crippen molar-refractivity contribution in [3.8, 4) is 0 Å². The summed E-state index contributed by atoms with van der Waals surface area (Å²) in [6.45, 7) is 2.84. The minimum atomic E-state index is -3.25. The summed E-state index contributed by atoms with van der Waals surface area (Å²) in [5, 5.41) is -0.538. The summed E-state index contributed by atoms with van der Waals surface area (Å²) in [5.74, 6) is 0. The Kier molecular flexibility index (Phi) is 4.31. The van der Waals surface area contributed by atoms with E-state index in [4.69, 9.17) is 10.5 Å². The molecule has 0 aromatic rings. The number of ether oxygens (including phenoxy) is 1. The molecule has 1 rings (SSSR count). The third-order valence-electron chi connectivity index (χ3n) is 2.40. The number of nitrogens with two attached hydrogens (primary N) is 1. The van der Waals surface area contributed by atoms with E-state index in [-0.39, 0.29) is 12.6 Å². The lowest BCUT2D eigenvalue weighted by molar-refractivity contribution is 0.114. The Hall–Kier alpha value is -0.170. The van der Waals surface area contributed by atoms with Crippen LogP contribution >= 0.6 is 0 Å². The van der Waals surface area contributed by atoms with Crippen molar-refractivity contribution in [3.63, 3.8) is 0 Å². The molecule has 0 radical (unpaired) electrons. The van der Waals surface area contributed by atoms with Crippen molar-refractivity contribution < 1.29 is 13.2 Å². The molecular formula is C8H18N2O3S. The van der Waals surface area contributed by atoms with Gasteiger partial charge in [0.05, 0.1) is 11.4 Å². The normalized spacial score (nSPS) is 25.1. The first kappa shape index (κ1) is 11.9. The van der Waals surface area contributed by atoms with Crippen LogP contribution in [0.2, 0.25) is 0 Å². The van der Waals surface area contributed by atoms with E-state index in [1.807, 2.05) is 0 Å². The van der Waals surface area contributed by atoms with Crippen LogP contribution in [0.15, 0.2) is 0 Å². The molecule has 1 fully saturated rings. The number of nitrogens with one attached hydrogen (secondary N) is 1. The molecule has 0 aromatic carbocycles. The lowest BCUT2D eigenvalue weighted by atomic mass is 10.2. The summed E-state index contributed by atoms with van der Waals surface area (Å²) in [4.78, 5) is 0. The Labute approximate surface area is 85.1 Å². The van der Waals surface area contributed by atoms with Crippen molar-refractivity contribution in [2.75, 3.05) is 19.7 Å². The largest absolute Gasteiger partial charge is 0.377 e. The standard InChI is InChI=1S/C8H18N2O3S/c1-7(5-9)14(11,12)10-6-8-3-2-4-13-8/h7-8,10H,2-6,9H2,1H3. The maximum Gasteiger partial charge on any atom is 0.215 e. The minimum Gasteiger partial charge on any atom is -0.377 e. The van der Waals surface area contributed by atoms with Crippen LogP contribution in [-0.2, 0) is 14.8 Å². The van der Waals surface area contributed by atoms with E-state index in [2.05, 4.69) is 4.72 Å². The van der Waals surface area contributed by atoms with Crippen LogP contribution in [0.3, 0.4) is 0 Å². The van der Waals surface area contributed by atoms with Gasteiger partial charge in [-0.05, 0) is 19.8 Å². The molecule has 14 heavy (non-hydrogen) atoms. The Morgan fingerprint density at radius 1 is 1.64 bits per heavy atom. The summed E-state index contributed by atoms with van der Waals surface area (Å²) >= 11 is 0. The Balaban J connectivity index is 2.35. The molecule has 0 bridgehead atoms. The van der Waals surface area contributed by atoms with Gasteiger partial charge in [0.2, 0.25) is 10.0 Å². The summed E-state index contributed by atoms with van der Waals surface area (Å²) in [6.07, 6.45) is 1.98. The molecule has 2 unspecified atom stereocenters. The lowest BCUT2D eigenvalue weighted by Crippen LogP contribution is -2.40. The third kappa shape index (κ3) is 3.20. The van der Waals surface area contributed by atoms with Crippen LogP contribution in [0, 0.1) is 0 Å². The fourth-order valence-electron chi connectivity index (χ4n) is 1.28. The van der Waals surface area contributed by atoms with E-state index in [9.17, 15) is 8.42 Å². The maximum absolute atomic E-state index is 11.5. The van der Waals surface area contributed by atoms with E-state index in [1.54, 1.807) is 6.92 Å². The van der Waals surface area contributed by atoms with E-state index >= 15 is 0 Å². The second-order valence-electron chi connectivity index (χ2n) is 3.57. The third-order valence-corrected chi connectivity index (χ3v) is 4.22. The maximum atomic E-state index is 11.5. The van der Waals surface area contributed by atoms with E-state index in [0.29, 0.717) is 6.54 Å². The highest BCUT2D eigenvalue weighted by Gasteiger charge is 2.22. The van der Waals surface area contributed by atoms with Gasteiger partial charge < -0.3 is 10.5 Å². The van der Waals surface area contributed by atoms with E-state index in [0.717, 1.165) is 19.4 Å². The molecule has 1 aliphatic heterocycles. The quantitative estimate of drug-likeness (QED) is 0.653. The van der Waals surface area contributed by atoms with Crippen molar-refractivity contribution in [2.24, 2.45) is 5.73 Å². The predicted molar refractivity (Wildman–Crippen MR) is 54.4 cm³/mol. The fourth-order valence-corrected chi connectivity index (χ4v) is 2.24.